The van der Waals surface area contributed by atoms with Crippen molar-refractivity contribution in [3.8, 4) is 0 Å². The summed E-state index contributed by atoms with van der Waals surface area (Å²) in [4.78, 5) is 11.9. The van der Waals surface area contributed by atoms with Crippen molar-refractivity contribution < 1.29 is 27.5 Å². The highest BCUT2D eigenvalue weighted by atomic mass is 32.2. The van der Waals surface area contributed by atoms with Crippen LogP contribution in [0, 0.1) is 12.7 Å². The van der Waals surface area contributed by atoms with Crippen molar-refractivity contribution in [2.24, 2.45) is 0 Å². The third-order valence-electron chi connectivity index (χ3n) is 2.47. The molecule has 1 amide bonds. The van der Waals surface area contributed by atoms with Crippen LogP contribution in [0.15, 0.2) is 17.0 Å². The van der Waals surface area contributed by atoms with Crippen molar-refractivity contribution in [2.75, 3.05) is 17.2 Å². The first-order chi connectivity index (χ1) is 9.15. The molecule has 8 heteroatoms. The molecular weight excluding hydrogens is 298 g/mol. The van der Waals surface area contributed by atoms with Crippen molar-refractivity contribution in [3.05, 3.63) is 23.5 Å². The molecule has 112 valence electrons. The zero-order valence-corrected chi connectivity index (χ0v) is 11.6. The Balaban J connectivity index is 3.12. The molecule has 0 heterocycles. The van der Waals surface area contributed by atoms with E-state index in [1.54, 1.807) is 0 Å². The van der Waals surface area contributed by atoms with Crippen LogP contribution in [0.25, 0.3) is 0 Å². The van der Waals surface area contributed by atoms with E-state index in [1.165, 1.54) is 13.8 Å². The maximum atomic E-state index is 13.8. The van der Waals surface area contributed by atoms with Crippen LogP contribution in [0.5, 0.6) is 0 Å². The van der Waals surface area contributed by atoms with Crippen LogP contribution in [0.3, 0.4) is 0 Å². The molecule has 0 aliphatic heterocycles. The zero-order chi connectivity index (χ0) is 15.5. The molecule has 0 aliphatic carbocycles. The first kappa shape index (κ1) is 16.6. The van der Waals surface area contributed by atoms with Crippen LogP contribution >= 0.6 is 11.8 Å². The minimum Gasteiger partial charge on any atom is -0.465 e. The fourth-order valence-electron chi connectivity index (χ4n) is 1.57. The Morgan fingerprint density at radius 2 is 2.00 bits per heavy atom. The Morgan fingerprint density at radius 3 is 2.45 bits per heavy atom. The van der Waals surface area contributed by atoms with Gasteiger partial charge in [-0.3, -0.25) is 4.90 Å². The molecule has 0 saturated heterocycles. The average Bonchev–Trinajstić information content (AvgIpc) is 2.29. The summed E-state index contributed by atoms with van der Waals surface area (Å²) >= 11 is 0.505. The molecule has 0 radical (unpaired) electrons. The number of nitrogens with zero attached hydrogens (tertiary/aromatic N) is 1. The topological polar surface area (TPSA) is 40.5 Å². The summed E-state index contributed by atoms with van der Waals surface area (Å²) in [5.41, 5.74) is 0.0946. The number of rotatable bonds is 4. The van der Waals surface area contributed by atoms with E-state index in [1.807, 2.05) is 0 Å². The first-order valence-corrected chi connectivity index (χ1v) is 6.64. The lowest BCUT2D eigenvalue weighted by Gasteiger charge is -2.19. The molecule has 20 heavy (non-hydrogen) atoms. The zero-order valence-electron chi connectivity index (χ0n) is 10.8. The van der Waals surface area contributed by atoms with Gasteiger partial charge in [-0.25, -0.2) is 9.18 Å². The molecule has 1 rings (SSSR count). The van der Waals surface area contributed by atoms with Gasteiger partial charge in [-0.05, 0) is 31.5 Å². The lowest BCUT2D eigenvalue weighted by Crippen LogP contribution is -2.29. The summed E-state index contributed by atoms with van der Waals surface area (Å²) < 4.78 is 50.4. The van der Waals surface area contributed by atoms with Crippen LogP contribution in [0.4, 0.5) is 28.0 Å². The van der Waals surface area contributed by atoms with Crippen LogP contribution in [-0.4, -0.2) is 29.7 Å². The van der Waals surface area contributed by atoms with E-state index >= 15 is 0 Å². The predicted molar refractivity (Wildman–Crippen MR) is 69.0 cm³/mol. The van der Waals surface area contributed by atoms with Crippen LogP contribution in [0.2, 0.25) is 0 Å². The van der Waals surface area contributed by atoms with Crippen LogP contribution < -0.4 is 4.90 Å². The van der Waals surface area contributed by atoms with Gasteiger partial charge in [-0.15, -0.1) is 11.8 Å². The smallest absolute Gasteiger partial charge is 0.411 e. The summed E-state index contributed by atoms with van der Waals surface area (Å²) in [6.45, 7) is 2.98. The number of benzene rings is 1. The summed E-state index contributed by atoms with van der Waals surface area (Å²) in [7, 11) is 0. The van der Waals surface area contributed by atoms with Gasteiger partial charge in [0.1, 0.15) is 5.82 Å². The average molecular weight is 311 g/mol. The molecule has 0 atom stereocenters. The van der Waals surface area contributed by atoms with Crippen molar-refractivity contribution in [1.82, 2.24) is 0 Å². The first-order valence-electron chi connectivity index (χ1n) is 5.66. The number of thioether (sulfide) groups is 1. The molecule has 0 spiro atoms. The van der Waals surface area contributed by atoms with Crippen LogP contribution in [0.1, 0.15) is 12.5 Å². The van der Waals surface area contributed by atoms with Crippen molar-refractivity contribution >= 4 is 23.5 Å². The number of amides is 1. The standard InChI is InChI=1S/C12H13F4NO2S/c1-3-17(11(18)19)9-5-10(7(2)4-8(9)13)20-6-12(14,15)16/h4-5H,3,6H2,1-2H3,(H,18,19). The molecule has 3 nitrogen and oxygen atoms in total. The number of hydrogen-bond acceptors (Lipinski definition) is 2. The molecule has 0 aliphatic rings. The summed E-state index contributed by atoms with van der Waals surface area (Å²) in [6.07, 6.45) is -5.70. The molecule has 0 fully saturated rings. The van der Waals surface area contributed by atoms with Gasteiger partial charge in [0.2, 0.25) is 0 Å². The van der Waals surface area contributed by atoms with Gasteiger partial charge < -0.3 is 5.11 Å². The molecule has 0 unspecified atom stereocenters. The quantitative estimate of drug-likeness (QED) is 0.666. The molecule has 0 aromatic heterocycles. The molecule has 0 saturated carbocycles. The van der Waals surface area contributed by atoms with Gasteiger partial charge in [0.15, 0.2) is 0 Å². The maximum Gasteiger partial charge on any atom is 0.411 e. The Bertz CT molecular complexity index is 505. The number of carbonyl (C=O) groups is 1. The van der Waals surface area contributed by atoms with Gasteiger partial charge in [-0.1, -0.05) is 0 Å². The number of halogens is 4. The fourth-order valence-corrected chi connectivity index (χ4v) is 2.37. The van der Waals surface area contributed by atoms with E-state index in [-0.39, 0.29) is 17.1 Å². The van der Waals surface area contributed by atoms with E-state index in [0.29, 0.717) is 17.3 Å². The normalized spacial score (nSPS) is 11.5. The Hall–Kier alpha value is -1.44. The van der Waals surface area contributed by atoms with Gasteiger partial charge in [0.05, 0.1) is 11.4 Å². The second-order valence-electron chi connectivity index (χ2n) is 4.00. The third kappa shape index (κ3) is 4.29. The Kier molecular flexibility index (Phi) is 5.27. The highest BCUT2D eigenvalue weighted by molar-refractivity contribution is 7.99. The van der Waals surface area contributed by atoms with Crippen LogP contribution in [-0.2, 0) is 0 Å². The summed E-state index contributed by atoms with van der Waals surface area (Å²) in [5.74, 6) is -1.89. The number of anilines is 1. The van der Waals surface area contributed by atoms with Gasteiger partial charge in [0, 0.05) is 11.4 Å². The number of carboxylic acid groups (broad SMARTS) is 1. The van der Waals surface area contributed by atoms with E-state index in [4.69, 9.17) is 5.11 Å². The minimum atomic E-state index is -4.34. The minimum absolute atomic E-state index is 0.00130. The summed E-state index contributed by atoms with van der Waals surface area (Å²) in [6, 6.07) is 2.18. The Morgan fingerprint density at radius 1 is 1.40 bits per heavy atom. The lowest BCUT2D eigenvalue weighted by atomic mass is 10.2. The SMILES string of the molecule is CCN(C(=O)O)c1cc(SCC(F)(F)F)c(C)cc1F. The second kappa shape index (κ2) is 6.34. The molecule has 1 aromatic carbocycles. The van der Waals surface area contributed by atoms with Gasteiger partial charge in [0.25, 0.3) is 0 Å². The fraction of sp³-hybridized carbons (Fsp3) is 0.417. The maximum absolute atomic E-state index is 13.8. The Labute approximate surface area is 117 Å². The summed E-state index contributed by atoms with van der Waals surface area (Å²) in [5, 5.41) is 8.94. The largest absolute Gasteiger partial charge is 0.465 e. The second-order valence-corrected chi connectivity index (χ2v) is 5.02. The van der Waals surface area contributed by atoms with E-state index in [0.717, 1.165) is 17.0 Å². The monoisotopic (exact) mass is 311 g/mol. The van der Waals surface area contributed by atoms with Crippen molar-refractivity contribution in [3.63, 3.8) is 0 Å². The lowest BCUT2D eigenvalue weighted by molar-refractivity contribution is -0.105. The van der Waals surface area contributed by atoms with Crippen molar-refractivity contribution in [1.29, 1.82) is 0 Å². The third-order valence-corrected chi connectivity index (χ3v) is 3.70. The van der Waals surface area contributed by atoms with Gasteiger partial charge in [-0.2, -0.15) is 13.2 Å². The predicted octanol–water partition coefficient (Wildman–Crippen LogP) is 4.29. The molecule has 1 N–H and O–H groups in total. The highest BCUT2D eigenvalue weighted by Gasteiger charge is 2.28. The molecular formula is C12H13F4NO2S. The van der Waals surface area contributed by atoms with Gasteiger partial charge >= 0.3 is 12.3 Å². The van der Waals surface area contributed by atoms with E-state index in [2.05, 4.69) is 0 Å². The molecule has 0 bridgehead atoms. The van der Waals surface area contributed by atoms with Crippen molar-refractivity contribution in [2.45, 2.75) is 24.9 Å². The van der Waals surface area contributed by atoms with E-state index < -0.39 is 23.8 Å². The number of hydrogen-bond donors (Lipinski definition) is 1. The van der Waals surface area contributed by atoms with E-state index in [9.17, 15) is 22.4 Å². The molecule has 1 aromatic rings. The number of aryl methyl sites for hydroxylation is 1. The highest BCUT2D eigenvalue weighted by Crippen LogP contribution is 2.33. The number of alkyl halides is 3.